The highest BCUT2D eigenvalue weighted by molar-refractivity contribution is 5.91. The minimum absolute atomic E-state index is 0.396. The van der Waals surface area contributed by atoms with Crippen molar-refractivity contribution in [3.63, 3.8) is 0 Å². The van der Waals surface area contributed by atoms with Crippen LogP contribution in [0.25, 0.3) is 22.3 Å². The number of hydrogen-bond acceptors (Lipinski definition) is 0. The van der Waals surface area contributed by atoms with Crippen LogP contribution in [0.3, 0.4) is 0 Å². The standard InChI is InChI=1S/C21H18/c1-14(2)16-12-7-13-19-17-10-5-6-11-18(17)20(21(16)19)15-8-3-4-9-15/h3-13,15H,1-2H3. The molecule has 0 nitrogen and oxygen atoms in total. The van der Waals surface area contributed by atoms with Crippen LogP contribution < -0.4 is 10.4 Å². The van der Waals surface area contributed by atoms with Crippen molar-refractivity contribution in [1.29, 1.82) is 0 Å². The molecule has 0 aromatic heterocycles. The van der Waals surface area contributed by atoms with Gasteiger partial charge in [-0.3, -0.25) is 0 Å². The second-order valence-electron chi connectivity index (χ2n) is 5.98. The van der Waals surface area contributed by atoms with E-state index in [1.807, 2.05) is 0 Å². The largest absolute Gasteiger partial charge is 0.0732 e. The fraction of sp³-hybridized carbons (Fsp3) is 0.143. The third-order valence-electron chi connectivity index (χ3n) is 4.46. The van der Waals surface area contributed by atoms with Crippen molar-refractivity contribution in [3.8, 4) is 11.1 Å². The van der Waals surface area contributed by atoms with Crippen LogP contribution in [0.15, 0.2) is 66.8 Å². The van der Waals surface area contributed by atoms with E-state index in [4.69, 9.17) is 0 Å². The van der Waals surface area contributed by atoms with Gasteiger partial charge in [0, 0.05) is 5.92 Å². The molecule has 4 rings (SSSR count). The summed E-state index contributed by atoms with van der Waals surface area (Å²) in [7, 11) is 0. The normalized spacial score (nSPS) is 15.4. The molecule has 0 unspecified atom stereocenters. The van der Waals surface area contributed by atoms with Crippen LogP contribution in [0, 0.1) is 5.92 Å². The summed E-state index contributed by atoms with van der Waals surface area (Å²) in [5.74, 6) is 0.396. The van der Waals surface area contributed by atoms with E-state index in [0.717, 1.165) is 0 Å². The molecule has 0 amide bonds. The van der Waals surface area contributed by atoms with Gasteiger partial charge in [-0.2, -0.15) is 0 Å². The van der Waals surface area contributed by atoms with Crippen LogP contribution in [0.4, 0.5) is 0 Å². The molecule has 0 atom stereocenters. The summed E-state index contributed by atoms with van der Waals surface area (Å²) < 4.78 is 0. The van der Waals surface area contributed by atoms with Crippen LogP contribution in [-0.4, -0.2) is 0 Å². The third-order valence-corrected chi connectivity index (χ3v) is 4.46. The van der Waals surface area contributed by atoms with Crippen LogP contribution in [0.2, 0.25) is 0 Å². The van der Waals surface area contributed by atoms with Crippen LogP contribution in [0.5, 0.6) is 0 Å². The van der Waals surface area contributed by atoms with E-state index in [1.165, 1.54) is 38.3 Å². The van der Waals surface area contributed by atoms with Crippen molar-refractivity contribution in [2.75, 3.05) is 0 Å². The second kappa shape index (κ2) is 4.60. The van der Waals surface area contributed by atoms with E-state index in [2.05, 4.69) is 80.6 Å². The Bertz CT molecular complexity index is 891. The number of benzene rings is 2. The molecule has 2 aromatic carbocycles. The maximum Gasteiger partial charge on any atom is 0.0217 e. The average molecular weight is 270 g/mol. The average Bonchev–Trinajstić information content (AvgIpc) is 3.11. The zero-order valence-corrected chi connectivity index (χ0v) is 12.4. The van der Waals surface area contributed by atoms with Crippen molar-refractivity contribution in [2.24, 2.45) is 5.92 Å². The molecule has 2 aliphatic rings. The molecule has 0 radical (unpaired) electrons. The Kier molecular flexibility index (Phi) is 2.71. The molecule has 0 saturated heterocycles. The van der Waals surface area contributed by atoms with Crippen LogP contribution >= 0.6 is 0 Å². The smallest absolute Gasteiger partial charge is 0.0217 e. The van der Waals surface area contributed by atoms with E-state index in [1.54, 1.807) is 0 Å². The number of allylic oxidation sites excluding steroid dienone is 4. The van der Waals surface area contributed by atoms with Gasteiger partial charge < -0.3 is 0 Å². The summed E-state index contributed by atoms with van der Waals surface area (Å²) in [5.41, 5.74) is 6.99. The molecule has 0 saturated carbocycles. The van der Waals surface area contributed by atoms with Crippen LogP contribution in [-0.2, 0) is 0 Å². The van der Waals surface area contributed by atoms with E-state index in [9.17, 15) is 0 Å². The molecular weight excluding hydrogens is 252 g/mol. The van der Waals surface area contributed by atoms with Gasteiger partial charge in [0.15, 0.2) is 0 Å². The maximum absolute atomic E-state index is 2.29. The van der Waals surface area contributed by atoms with Crippen LogP contribution in [0.1, 0.15) is 19.4 Å². The van der Waals surface area contributed by atoms with E-state index < -0.39 is 0 Å². The number of hydrogen-bond donors (Lipinski definition) is 0. The minimum atomic E-state index is 0.396. The molecule has 0 heterocycles. The number of rotatable bonds is 1. The van der Waals surface area contributed by atoms with Gasteiger partial charge >= 0.3 is 0 Å². The summed E-state index contributed by atoms with van der Waals surface area (Å²) in [5, 5.41) is 2.81. The lowest BCUT2D eigenvalue weighted by atomic mass is 9.93. The highest BCUT2D eigenvalue weighted by Crippen LogP contribution is 2.36. The predicted octanol–water partition coefficient (Wildman–Crippen LogP) is 3.80. The molecule has 0 bridgehead atoms. The van der Waals surface area contributed by atoms with Gasteiger partial charge in [0.25, 0.3) is 0 Å². The van der Waals surface area contributed by atoms with E-state index in [-0.39, 0.29) is 0 Å². The summed E-state index contributed by atoms with van der Waals surface area (Å²) in [6.45, 7) is 4.41. The fourth-order valence-electron chi connectivity index (χ4n) is 3.54. The molecule has 0 N–H and O–H groups in total. The molecule has 2 aromatic rings. The Morgan fingerprint density at radius 2 is 1.43 bits per heavy atom. The fourth-order valence-corrected chi connectivity index (χ4v) is 3.54. The molecule has 0 heteroatoms. The molecule has 102 valence electrons. The summed E-state index contributed by atoms with van der Waals surface area (Å²) >= 11 is 0. The van der Waals surface area contributed by atoms with E-state index in [0.29, 0.717) is 5.92 Å². The van der Waals surface area contributed by atoms with Gasteiger partial charge in [-0.25, -0.2) is 0 Å². The summed E-state index contributed by atoms with van der Waals surface area (Å²) in [6.07, 6.45) is 8.90. The lowest BCUT2D eigenvalue weighted by Crippen LogP contribution is -2.29. The maximum atomic E-state index is 2.29. The molecular formula is C21H18. The van der Waals surface area contributed by atoms with Crippen molar-refractivity contribution in [2.45, 2.75) is 13.8 Å². The Balaban J connectivity index is 2.22. The predicted molar refractivity (Wildman–Crippen MR) is 90.2 cm³/mol. The summed E-state index contributed by atoms with van der Waals surface area (Å²) in [4.78, 5) is 0. The highest BCUT2D eigenvalue weighted by atomic mass is 14.3. The molecule has 0 fully saturated rings. The first kappa shape index (κ1) is 12.4. The van der Waals surface area contributed by atoms with Gasteiger partial charge in [0.05, 0.1) is 0 Å². The van der Waals surface area contributed by atoms with E-state index >= 15 is 0 Å². The SMILES string of the molecule is CC(C)=c1cccc2c1=C(C1C=CC=C1)c1ccccc1-2. The Morgan fingerprint density at radius 1 is 0.762 bits per heavy atom. The van der Waals surface area contributed by atoms with Crippen molar-refractivity contribution >= 4 is 11.1 Å². The zero-order chi connectivity index (χ0) is 14.4. The summed E-state index contributed by atoms with van der Waals surface area (Å²) in [6, 6.07) is 15.5. The Labute approximate surface area is 125 Å². The number of fused-ring (bicyclic) bond motifs is 3. The first-order valence-electron chi connectivity index (χ1n) is 7.53. The van der Waals surface area contributed by atoms with Gasteiger partial charge in [-0.1, -0.05) is 72.3 Å². The molecule has 0 spiro atoms. The lowest BCUT2D eigenvalue weighted by molar-refractivity contribution is 1.11. The van der Waals surface area contributed by atoms with Gasteiger partial charge in [0.1, 0.15) is 0 Å². The lowest BCUT2D eigenvalue weighted by Gasteiger charge is -2.10. The third kappa shape index (κ3) is 1.76. The zero-order valence-electron chi connectivity index (χ0n) is 12.4. The Hall–Kier alpha value is -2.34. The quantitative estimate of drug-likeness (QED) is 0.739. The Morgan fingerprint density at radius 3 is 2.14 bits per heavy atom. The topological polar surface area (TPSA) is 0 Å². The van der Waals surface area contributed by atoms with Gasteiger partial charge in [-0.05, 0) is 46.5 Å². The first-order chi connectivity index (χ1) is 10.3. The minimum Gasteiger partial charge on any atom is -0.0732 e. The van der Waals surface area contributed by atoms with Crippen molar-refractivity contribution < 1.29 is 0 Å². The second-order valence-corrected chi connectivity index (χ2v) is 5.98. The van der Waals surface area contributed by atoms with Crippen molar-refractivity contribution in [1.82, 2.24) is 0 Å². The van der Waals surface area contributed by atoms with Crippen molar-refractivity contribution in [3.05, 3.63) is 82.8 Å². The van der Waals surface area contributed by atoms with Gasteiger partial charge in [-0.15, -0.1) is 0 Å². The monoisotopic (exact) mass is 270 g/mol. The molecule has 0 aliphatic heterocycles. The molecule has 21 heavy (non-hydrogen) atoms. The van der Waals surface area contributed by atoms with Gasteiger partial charge in [0.2, 0.25) is 0 Å². The highest BCUT2D eigenvalue weighted by Gasteiger charge is 2.24. The molecule has 2 aliphatic carbocycles. The first-order valence-corrected chi connectivity index (χ1v) is 7.53.